The van der Waals surface area contributed by atoms with Crippen molar-refractivity contribution in [3.8, 4) is 0 Å². The Labute approximate surface area is 206 Å². The fourth-order valence-corrected chi connectivity index (χ4v) is 5.51. The SMILES string of the molecule is COC(=O)c1ccc(CN(C(=O)N2CCS(=O)(=O)CC2)c2cccc(N3CCN(C)CC3)c2)cc1. The van der Waals surface area contributed by atoms with Crippen LogP contribution in [0.25, 0.3) is 0 Å². The number of carbonyl (C=O) groups is 2. The molecule has 2 saturated heterocycles. The minimum atomic E-state index is -3.11. The Morgan fingerprint density at radius 3 is 2.23 bits per heavy atom. The highest BCUT2D eigenvalue weighted by Gasteiger charge is 2.29. The second kappa shape index (κ2) is 10.7. The monoisotopic (exact) mass is 500 g/mol. The number of urea groups is 1. The molecule has 9 nitrogen and oxygen atoms in total. The molecule has 0 radical (unpaired) electrons. The highest BCUT2D eigenvalue weighted by atomic mass is 32.2. The second-order valence-electron chi connectivity index (χ2n) is 9.01. The van der Waals surface area contributed by atoms with Gasteiger partial charge in [0.05, 0.1) is 30.7 Å². The fraction of sp³-hybridized carbons (Fsp3) is 0.440. The summed E-state index contributed by atoms with van der Waals surface area (Å²) in [6, 6.07) is 14.7. The molecule has 2 aromatic carbocycles. The van der Waals surface area contributed by atoms with Crippen molar-refractivity contribution >= 4 is 33.2 Å². The highest BCUT2D eigenvalue weighted by molar-refractivity contribution is 7.91. The van der Waals surface area contributed by atoms with Crippen LogP contribution in [0.5, 0.6) is 0 Å². The van der Waals surface area contributed by atoms with Gasteiger partial charge in [-0.1, -0.05) is 18.2 Å². The summed E-state index contributed by atoms with van der Waals surface area (Å²) in [5.74, 6) is -0.470. The Morgan fingerprint density at radius 1 is 0.943 bits per heavy atom. The summed E-state index contributed by atoms with van der Waals surface area (Å²) in [6.07, 6.45) is 0. The van der Waals surface area contributed by atoms with E-state index in [1.807, 2.05) is 18.2 Å². The van der Waals surface area contributed by atoms with E-state index in [1.165, 1.54) is 7.11 Å². The molecule has 2 amide bonds. The number of sulfone groups is 1. The number of benzene rings is 2. The maximum absolute atomic E-state index is 13.6. The molecule has 2 fully saturated rings. The van der Waals surface area contributed by atoms with Gasteiger partial charge in [-0.05, 0) is 42.9 Å². The zero-order valence-corrected chi connectivity index (χ0v) is 21.0. The first-order valence-corrected chi connectivity index (χ1v) is 13.6. The summed E-state index contributed by atoms with van der Waals surface area (Å²) in [4.78, 5) is 33.3. The molecular formula is C25H32N4O5S. The first-order chi connectivity index (χ1) is 16.8. The molecule has 2 aliphatic rings. The van der Waals surface area contributed by atoms with Crippen molar-refractivity contribution in [2.24, 2.45) is 0 Å². The molecule has 2 aliphatic heterocycles. The van der Waals surface area contributed by atoms with Crippen molar-refractivity contribution in [3.05, 3.63) is 59.7 Å². The van der Waals surface area contributed by atoms with E-state index < -0.39 is 15.8 Å². The summed E-state index contributed by atoms with van der Waals surface area (Å²) >= 11 is 0. The summed E-state index contributed by atoms with van der Waals surface area (Å²) in [5.41, 5.74) is 3.08. The van der Waals surface area contributed by atoms with Crippen LogP contribution < -0.4 is 9.80 Å². The number of amides is 2. The third-order valence-corrected chi connectivity index (χ3v) is 8.18. The van der Waals surface area contributed by atoms with E-state index in [-0.39, 0.29) is 37.2 Å². The molecule has 4 rings (SSSR count). The predicted molar refractivity (Wildman–Crippen MR) is 136 cm³/mol. The number of ether oxygens (including phenoxy) is 1. The fourth-order valence-electron chi connectivity index (χ4n) is 4.31. The number of hydrogen-bond donors (Lipinski definition) is 0. The number of hydrogen-bond acceptors (Lipinski definition) is 7. The molecule has 0 bridgehead atoms. The topological polar surface area (TPSA) is 90.5 Å². The smallest absolute Gasteiger partial charge is 0.337 e. The molecule has 0 atom stereocenters. The molecular weight excluding hydrogens is 468 g/mol. The maximum atomic E-state index is 13.6. The molecule has 0 saturated carbocycles. The zero-order valence-electron chi connectivity index (χ0n) is 20.2. The van der Waals surface area contributed by atoms with E-state index in [0.29, 0.717) is 5.56 Å². The molecule has 0 spiro atoms. The van der Waals surface area contributed by atoms with Gasteiger partial charge < -0.3 is 19.4 Å². The number of esters is 1. The van der Waals surface area contributed by atoms with Crippen molar-refractivity contribution < 1.29 is 22.7 Å². The lowest BCUT2D eigenvalue weighted by atomic mass is 10.1. The third kappa shape index (κ3) is 6.12. The van der Waals surface area contributed by atoms with E-state index in [1.54, 1.807) is 34.1 Å². The first-order valence-electron chi connectivity index (χ1n) is 11.7. The molecule has 0 aromatic heterocycles. The molecule has 0 N–H and O–H groups in total. The number of likely N-dealkylation sites (N-methyl/N-ethyl adjacent to an activating group) is 1. The lowest BCUT2D eigenvalue weighted by Crippen LogP contribution is -2.49. The van der Waals surface area contributed by atoms with Crippen LogP contribution >= 0.6 is 0 Å². The summed E-state index contributed by atoms with van der Waals surface area (Å²) in [7, 11) is 0.339. The molecule has 188 valence electrons. The van der Waals surface area contributed by atoms with Crippen LogP contribution in [0, 0.1) is 0 Å². The van der Waals surface area contributed by atoms with E-state index in [0.717, 1.165) is 43.1 Å². The van der Waals surface area contributed by atoms with E-state index in [9.17, 15) is 18.0 Å². The van der Waals surface area contributed by atoms with Crippen LogP contribution in [-0.4, -0.2) is 95.1 Å². The molecule has 0 unspecified atom stereocenters. The van der Waals surface area contributed by atoms with Gasteiger partial charge in [-0.25, -0.2) is 18.0 Å². The van der Waals surface area contributed by atoms with Gasteiger partial charge in [0.2, 0.25) is 0 Å². The minimum absolute atomic E-state index is 0.0261. The minimum Gasteiger partial charge on any atom is -0.465 e. The molecule has 10 heteroatoms. The van der Waals surface area contributed by atoms with Crippen molar-refractivity contribution in [1.82, 2.24) is 9.80 Å². The quantitative estimate of drug-likeness (QED) is 0.581. The lowest BCUT2D eigenvalue weighted by molar-refractivity contribution is 0.0600. The summed E-state index contributed by atoms with van der Waals surface area (Å²) in [5, 5.41) is 0. The Balaban J connectivity index is 1.60. The van der Waals surface area contributed by atoms with Gasteiger partial charge in [-0.2, -0.15) is 0 Å². The Bertz CT molecular complexity index is 1150. The molecule has 0 aliphatic carbocycles. The van der Waals surface area contributed by atoms with Gasteiger partial charge in [0.1, 0.15) is 0 Å². The van der Waals surface area contributed by atoms with Crippen molar-refractivity contribution in [3.63, 3.8) is 0 Å². The van der Waals surface area contributed by atoms with Gasteiger partial charge in [0.15, 0.2) is 9.84 Å². The number of anilines is 2. The number of piperazine rings is 1. The number of nitrogens with zero attached hydrogens (tertiary/aromatic N) is 4. The number of rotatable bonds is 5. The van der Waals surface area contributed by atoms with Gasteiger partial charge in [0, 0.05) is 50.6 Å². The molecule has 2 heterocycles. The van der Waals surface area contributed by atoms with Gasteiger partial charge in [-0.15, -0.1) is 0 Å². The Hall–Kier alpha value is -3.11. The highest BCUT2D eigenvalue weighted by Crippen LogP contribution is 2.26. The lowest BCUT2D eigenvalue weighted by Gasteiger charge is -2.36. The van der Waals surface area contributed by atoms with E-state index >= 15 is 0 Å². The Kier molecular flexibility index (Phi) is 7.61. The van der Waals surface area contributed by atoms with Crippen molar-refractivity contribution in [2.75, 3.05) is 74.7 Å². The zero-order chi connectivity index (χ0) is 25.0. The van der Waals surface area contributed by atoms with Crippen molar-refractivity contribution in [2.45, 2.75) is 6.54 Å². The normalized spacial score (nSPS) is 18.2. The van der Waals surface area contributed by atoms with Crippen LogP contribution in [0.3, 0.4) is 0 Å². The average Bonchev–Trinajstić information content (AvgIpc) is 2.87. The van der Waals surface area contributed by atoms with Gasteiger partial charge in [0.25, 0.3) is 0 Å². The Morgan fingerprint density at radius 2 is 1.60 bits per heavy atom. The largest absolute Gasteiger partial charge is 0.465 e. The standard InChI is InChI=1S/C25H32N4O5S/c1-26-10-12-27(13-11-26)22-4-3-5-23(18-22)29(25(31)28-14-16-35(32,33)17-15-28)19-20-6-8-21(9-7-20)24(30)34-2/h3-9,18H,10-17,19H2,1-2H3. The maximum Gasteiger partial charge on any atom is 0.337 e. The van der Waals surface area contributed by atoms with Crippen LogP contribution in [-0.2, 0) is 21.1 Å². The third-order valence-electron chi connectivity index (χ3n) is 6.57. The van der Waals surface area contributed by atoms with E-state index in [4.69, 9.17) is 4.74 Å². The first kappa shape index (κ1) is 25.0. The van der Waals surface area contributed by atoms with Gasteiger partial charge >= 0.3 is 12.0 Å². The average molecular weight is 501 g/mol. The van der Waals surface area contributed by atoms with Gasteiger partial charge in [-0.3, -0.25) is 4.90 Å². The number of methoxy groups -OCH3 is 1. The molecule has 2 aromatic rings. The van der Waals surface area contributed by atoms with E-state index in [2.05, 4.69) is 22.9 Å². The van der Waals surface area contributed by atoms with Crippen molar-refractivity contribution in [1.29, 1.82) is 0 Å². The number of carbonyl (C=O) groups excluding carboxylic acids is 2. The predicted octanol–water partition coefficient (Wildman–Crippen LogP) is 2.08. The van der Waals surface area contributed by atoms with Crippen LogP contribution in [0.2, 0.25) is 0 Å². The summed E-state index contributed by atoms with van der Waals surface area (Å²) in [6.45, 7) is 4.41. The second-order valence-corrected chi connectivity index (χ2v) is 11.3. The van der Waals surface area contributed by atoms with Crippen LogP contribution in [0.15, 0.2) is 48.5 Å². The summed E-state index contributed by atoms with van der Waals surface area (Å²) < 4.78 is 28.6. The van der Waals surface area contributed by atoms with Crippen LogP contribution in [0.1, 0.15) is 15.9 Å². The van der Waals surface area contributed by atoms with Crippen LogP contribution in [0.4, 0.5) is 16.2 Å². The molecule has 35 heavy (non-hydrogen) atoms.